The van der Waals surface area contributed by atoms with E-state index in [1.807, 2.05) is 6.92 Å². The first-order chi connectivity index (χ1) is 8.13. The molecular formula is C12H12BrFN2O. The van der Waals surface area contributed by atoms with E-state index in [1.165, 1.54) is 12.3 Å². The summed E-state index contributed by atoms with van der Waals surface area (Å²) in [5, 5.41) is 0. The monoisotopic (exact) mass is 298 g/mol. The van der Waals surface area contributed by atoms with Gasteiger partial charge in [0.25, 0.3) is 0 Å². The van der Waals surface area contributed by atoms with E-state index in [1.54, 1.807) is 18.2 Å². The molecule has 1 unspecified atom stereocenters. The average Bonchev–Trinajstić information content (AvgIpc) is 2.71. The Morgan fingerprint density at radius 2 is 2.12 bits per heavy atom. The summed E-state index contributed by atoms with van der Waals surface area (Å²) in [5.41, 5.74) is 4.83. The van der Waals surface area contributed by atoms with Crippen molar-refractivity contribution in [2.75, 3.05) is 0 Å². The Balaban J connectivity index is 2.49. The Morgan fingerprint density at radius 1 is 1.35 bits per heavy atom. The van der Waals surface area contributed by atoms with Crippen LogP contribution in [0.25, 0.3) is 0 Å². The SMILES string of the molecule is Cc1ccc(F)c(C(NN)c2ccoc2Br)c1. The number of nitrogens with two attached hydrogens (primary N) is 1. The van der Waals surface area contributed by atoms with Gasteiger partial charge in [0.05, 0.1) is 12.3 Å². The highest BCUT2D eigenvalue weighted by molar-refractivity contribution is 9.10. The average molecular weight is 299 g/mol. The smallest absolute Gasteiger partial charge is 0.174 e. The molecule has 0 aliphatic carbocycles. The summed E-state index contributed by atoms with van der Waals surface area (Å²) in [6.07, 6.45) is 1.53. The third kappa shape index (κ3) is 2.41. The topological polar surface area (TPSA) is 51.2 Å². The second-order valence-electron chi connectivity index (χ2n) is 3.77. The van der Waals surface area contributed by atoms with Gasteiger partial charge in [0.15, 0.2) is 4.67 Å². The van der Waals surface area contributed by atoms with E-state index in [2.05, 4.69) is 21.4 Å². The maximum absolute atomic E-state index is 13.8. The highest BCUT2D eigenvalue weighted by Crippen LogP contribution is 2.30. The normalized spacial score (nSPS) is 12.7. The lowest BCUT2D eigenvalue weighted by atomic mass is 9.99. The first-order valence-corrected chi connectivity index (χ1v) is 5.88. The predicted molar refractivity (Wildman–Crippen MR) is 66.7 cm³/mol. The highest BCUT2D eigenvalue weighted by Gasteiger charge is 2.20. The molecule has 0 saturated heterocycles. The zero-order valence-corrected chi connectivity index (χ0v) is 10.8. The van der Waals surface area contributed by atoms with E-state index in [4.69, 9.17) is 10.3 Å². The van der Waals surface area contributed by atoms with Crippen LogP contribution in [-0.2, 0) is 0 Å². The number of hydrogen-bond donors (Lipinski definition) is 2. The molecule has 1 aromatic heterocycles. The molecular weight excluding hydrogens is 287 g/mol. The number of aryl methyl sites for hydroxylation is 1. The lowest BCUT2D eigenvalue weighted by Crippen LogP contribution is -2.29. The van der Waals surface area contributed by atoms with E-state index in [0.29, 0.717) is 10.2 Å². The van der Waals surface area contributed by atoms with Crippen LogP contribution in [0, 0.1) is 12.7 Å². The Morgan fingerprint density at radius 3 is 2.71 bits per heavy atom. The first kappa shape index (κ1) is 12.3. The van der Waals surface area contributed by atoms with E-state index >= 15 is 0 Å². The molecule has 5 heteroatoms. The molecule has 0 fully saturated rings. The molecule has 1 aromatic carbocycles. The Kier molecular flexibility index (Phi) is 3.61. The molecule has 2 rings (SSSR count). The van der Waals surface area contributed by atoms with Crippen molar-refractivity contribution in [3.63, 3.8) is 0 Å². The number of benzene rings is 1. The van der Waals surface area contributed by atoms with Crippen LogP contribution in [-0.4, -0.2) is 0 Å². The Hall–Kier alpha value is -1.17. The molecule has 90 valence electrons. The predicted octanol–water partition coefficient (Wildman–Crippen LogP) is 3.04. The van der Waals surface area contributed by atoms with Crippen molar-refractivity contribution in [3.8, 4) is 0 Å². The Bertz CT molecular complexity index is 527. The summed E-state index contributed by atoms with van der Waals surface area (Å²) >= 11 is 3.26. The number of nitrogens with one attached hydrogen (secondary N) is 1. The standard InChI is InChI=1S/C12H12BrFN2O/c1-7-2-3-10(14)9(6-7)11(16-15)8-4-5-17-12(8)13/h2-6,11,16H,15H2,1H3. The largest absolute Gasteiger partial charge is 0.457 e. The number of hydrogen-bond acceptors (Lipinski definition) is 3. The summed E-state index contributed by atoms with van der Waals surface area (Å²) in [7, 11) is 0. The zero-order chi connectivity index (χ0) is 12.4. The van der Waals surface area contributed by atoms with Crippen LogP contribution in [0.3, 0.4) is 0 Å². The molecule has 0 amide bonds. The van der Waals surface area contributed by atoms with Gasteiger partial charge < -0.3 is 4.42 Å². The molecule has 17 heavy (non-hydrogen) atoms. The summed E-state index contributed by atoms with van der Waals surface area (Å²) in [4.78, 5) is 0. The van der Waals surface area contributed by atoms with Crippen molar-refractivity contribution < 1.29 is 8.81 Å². The molecule has 1 heterocycles. The fourth-order valence-corrected chi connectivity index (χ4v) is 2.21. The fourth-order valence-electron chi connectivity index (χ4n) is 1.74. The van der Waals surface area contributed by atoms with Gasteiger partial charge in [0, 0.05) is 11.1 Å². The van der Waals surface area contributed by atoms with Crippen LogP contribution in [0.5, 0.6) is 0 Å². The molecule has 0 aliphatic rings. The van der Waals surface area contributed by atoms with Crippen molar-refractivity contribution >= 4 is 15.9 Å². The molecule has 1 atom stereocenters. The van der Waals surface area contributed by atoms with Gasteiger partial charge in [-0.05, 0) is 35.0 Å². The summed E-state index contributed by atoms with van der Waals surface area (Å²) in [6.45, 7) is 1.90. The lowest BCUT2D eigenvalue weighted by Gasteiger charge is -2.16. The van der Waals surface area contributed by atoms with Crippen molar-refractivity contribution in [2.24, 2.45) is 5.84 Å². The van der Waals surface area contributed by atoms with E-state index in [0.717, 1.165) is 11.1 Å². The highest BCUT2D eigenvalue weighted by atomic mass is 79.9. The number of furan rings is 1. The zero-order valence-electron chi connectivity index (χ0n) is 9.21. The van der Waals surface area contributed by atoms with E-state index < -0.39 is 6.04 Å². The maximum atomic E-state index is 13.8. The van der Waals surface area contributed by atoms with Gasteiger partial charge >= 0.3 is 0 Å². The van der Waals surface area contributed by atoms with E-state index in [-0.39, 0.29) is 5.82 Å². The van der Waals surface area contributed by atoms with E-state index in [9.17, 15) is 4.39 Å². The van der Waals surface area contributed by atoms with Gasteiger partial charge in [-0.15, -0.1) is 0 Å². The number of rotatable bonds is 3. The van der Waals surface area contributed by atoms with Crippen LogP contribution < -0.4 is 11.3 Å². The third-order valence-electron chi connectivity index (χ3n) is 2.59. The van der Waals surface area contributed by atoms with Crippen LogP contribution >= 0.6 is 15.9 Å². The molecule has 2 aromatic rings. The van der Waals surface area contributed by atoms with Crippen LogP contribution in [0.1, 0.15) is 22.7 Å². The minimum Gasteiger partial charge on any atom is -0.457 e. The molecule has 0 aliphatic heterocycles. The molecule has 0 bridgehead atoms. The van der Waals surface area contributed by atoms with Gasteiger partial charge in [0.2, 0.25) is 0 Å². The molecule has 0 saturated carbocycles. The lowest BCUT2D eigenvalue weighted by molar-refractivity contribution is 0.518. The van der Waals surface area contributed by atoms with Crippen LogP contribution in [0.4, 0.5) is 4.39 Å². The second-order valence-corrected chi connectivity index (χ2v) is 4.49. The minimum atomic E-state index is -0.442. The summed E-state index contributed by atoms with van der Waals surface area (Å²) in [6, 6.07) is 6.22. The second kappa shape index (κ2) is 5.00. The molecule has 0 spiro atoms. The number of hydrazine groups is 1. The summed E-state index contributed by atoms with van der Waals surface area (Å²) in [5.74, 6) is 5.21. The fraction of sp³-hybridized carbons (Fsp3) is 0.167. The van der Waals surface area contributed by atoms with Crippen LogP contribution in [0.15, 0.2) is 39.6 Å². The van der Waals surface area contributed by atoms with Crippen molar-refractivity contribution in [2.45, 2.75) is 13.0 Å². The Labute approximate surface area is 107 Å². The van der Waals surface area contributed by atoms with Crippen molar-refractivity contribution in [1.29, 1.82) is 0 Å². The minimum absolute atomic E-state index is 0.299. The summed E-state index contributed by atoms with van der Waals surface area (Å²) < 4.78 is 19.5. The molecule has 3 nitrogen and oxygen atoms in total. The van der Waals surface area contributed by atoms with Gasteiger partial charge in [-0.3, -0.25) is 5.84 Å². The van der Waals surface area contributed by atoms with Gasteiger partial charge in [-0.25, -0.2) is 9.82 Å². The van der Waals surface area contributed by atoms with Gasteiger partial charge in [0.1, 0.15) is 5.82 Å². The van der Waals surface area contributed by atoms with Crippen molar-refractivity contribution in [1.82, 2.24) is 5.43 Å². The molecule has 0 radical (unpaired) electrons. The first-order valence-electron chi connectivity index (χ1n) is 5.08. The third-order valence-corrected chi connectivity index (χ3v) is 3.23. The van der Waals surface area contributed by atoms with Crippen molar-refractivity contribution in [3.05, 3.63) is 57.7 Å². The maximum Gasteiger partial charge on any atom is 0.174 e. The molecule has 3 N–H and O–H groups in total. The number of halogens is 2. The van der Waals surface area contributed by atoms with Gasteiger partial charge in [-0.1, -0.05) is 17.7 Å². The quantitative estimate of drug-likeness (QED) is 0.676. The van der Waals surface area contributed by atoms with Crippen LogP contribution in [0.2, 0.25) is 0 Å². The van der Waals surface area contributed by atoms with Gasteiger partial charge in [-0.2, -0.15) is 0 Å².